The summed E-state index contributed by atoms with van der Waals surface area (Å²) < 4.78 is 13.3. The molecule has 0 spiro atoms. The van der Waals surface area contributed by atoms with E-state index in [1.165, 1.54) is 0 Å². The first-order valence-corrected chi connectivity index (χ1v) is 8.99. The van der Waals surface area contributed by atoms with Crippen LogP contribution in [0, 0.1) is 0 Å². The first-order valence-electron chi connectivity index (χ1n) is 7.26. The van der Waals surface area contributed by atoms with E-state index in [0.717, 1.165) is 22.3 Å². The summed E-state index contributed by atoms with van der Waals surface area (Å²) in [5, 5.41) is 0.506. The highest BCUT2D eigenvalue weighted by atomic mass is 31.2. The Kier molecular flexibility index (Phi) is 3.04. The molecular formula is C19H15O2P. The summed E-state index contributed by atoms with van der Waals surface area (Å²) in [5.74, 6) is 0. The van der Waals surface area contributed by atoms with Crippen molar-refractivity contribution in [3.05, 3.63) is 90.0 Å². The van der Waals surface area contributed by atoms with E-state index in [2.05, 4.69) is 0 Å². The fourth-order valence-electron chi connectivity index (χ4n) is 3.30. The molecule has 1 aliphatic carbocycles. The van der Waals surface area contributed by atoms with E-state index < -0.39 is 13.0 Å². The van der Waals surface area contributed by atoms with Crippen LogP contribution in [0.25, 0.3) is 11.1 Å². The first-order chi connectivity index (χ1) is 10.7. The van der Waals surface area contributed by atoms with Crippen molar-refractivity contribution in [1.82, 2.24) is 0 Å². The number of benzene rings is 3. The number of fused-ring (bicyclic) bond motifs is 3. The molecule has 22 heavy (non-hydrogen) atoms. The van der Waals surface area contributed by atoms with Gasteiger partial charge in [0.25, 0.3) is 0 Å². The summed E-state index contributed by atoms with van der Waals surface area (Å²) in [7, 11) is -3.56. The second kappa shape index (κ2) is 4.95. The summed E-state index contributed by atoms with van der Waals surface area (Å²) in [6, 6.07) is 24.8. The van der Waals surface area contributed by atoms with Gasteiger partial charge in [-0.2, -0.15) is 0 Å². The maximum atomic E-state index is 13.3. The fraction of sp³-hybridized carbons (Fsp3) is 0.0526. The van der Waals surface area contributed by atoms with Gasteiger partial charge in [0.15, 0.2) is 0 Å². The van der Waals surface area contributed by atoms with Crippen molar-refractivity contribution >= 4 is 12.7 Å². The lowest BCUT2D eigenvalue weighted by molar-refractivity contribution is 0.483. The summed E-state index contributed by atoms with van der Waals surface area (Å²) in [4.78, 5) is 10.9. The predicted octanol–water partition coefficient (Wildman–Crippen LogP) is 4.35. The van der Waals surface area contributed by atoms with Gasteiger partial charge in [-0.15, -0.1) is 0 Å². The van der Waals surface area contributed by atoms with Gasteiger partial charge in [0.05, 0.1) is 5.66 Å². The predicted molar refractivity (Wildman–Crippen MR) is 89.6 cm³/mol. The zero-order valence-electron chi connectivity index (χ0n) is 11.9. The highest BCUT2D eigenvalue weighted by molar-refractivity contribution is 7.66. The summed E-state index contributed by atoms with van der Waals surface area (Å²) >= 11 is 0. The Balaban J connectivity index is 1.98. The van der Waals surface area contributed by atoms with Gasteiger partial charge in [-0.3, -0.25) is 4.57 Å². The molecule has 0 amide bonds. The third-order valence-electron chi connectivity index (χ3n) is 4.28. The van der Waals surface area contributed by atoms with Gasteiger partial charge in [0.1, 0.15) is 0 Å². The quantitative estimate of drug-likeness (QED) is 0.715. The van der Waals surface area contributed by atoms with Crippen LogP contribution >= 0.6 is 7.37 Å². The lowest BCUT2D eigenvalue weighted by Gasteiger charge is -2.21. The van der Waals surface area contributed by atoms with E-state index in [1.807, 2.05) is 66.7 Å². The number of hydrogen-bond donors (Lipinski definition) is 1. The first kappa shape index (κ1) is 13.5. The van der Waals surface area contributed by atoms with Crippen LogP contribution in [0.1, 0.15) is 16.8 Å². The van der Waals surface area contributed by atoms with Crippen molar-refractivity contribution in [2.24, 2.45) is 0 Å². The molecule has 1 aliphatic rings. The molecule has 3 aromatic rings. The van der Waals surface area contributed by atoms with Crippen LogP contribution in [0.15, 0.2) is 78.9 Å². The summed E-state index contributed by atoms with van der Waals surface area (Å²) in [6.07, 6.45) is 0. The Morgan fingerprint density at radius 1 is 0.682 bits per heavy atom. The van der Waals surface area contributed by atoms with Crippen molar-refractivity contribution in [2.75, 3.05) is 0 Å². The SMILES string of the molecule is O=P(O)(c1ccccc1)C1c2ccccc2-c2ccccc21. The molecular weight excluding hydrogens is 291 g/mol. The Morgan fingerprint density at radius 2 is 1.14 bits per heavy atom. The van der Waals surface area contributed by atoms with E-state index >= 15 is 0 Å². The van der Waals surface area contributed by atoms with Crippen molar-refractivity contribution in [3.63, 3.8) is 0 Å². The molecule has 0 heterocycles. The molecule has 0 saturated carbocycles. The highest BCUT2D eigenvalue weighted by Crippen LogP contribution is 2.63. The Bertz CT molecular complexity index is 841. The standard InChI is InChI=1S/C19H15O2P/c20-22(21,14-8-2-1-3-9-14)19-17-12-6-4-10-15(17)16-11-5-7-13-18(16)19/h1-13,19H,(H,20,21). The van der Waals surface area contributed by atoms with Crippen molar-refractivity contribution in [1.29, 1.82) is 0 Å². The summed E-state index contributed by atoms with van der Waals surface area (Å²) in [6.45, 7) is 0. The molecule has 0 aliphatic heterocycles. The van der Waals surface area contributed by atoms with Crippen LogP contribution in [0.3, 0.4) is 0 Å². The van der Waals surface area contributed by atoms with Gasteiger partial charge >= 0.3 is 0 Å². The lowest BCUT2D eigenvalue weighted by Crippen LogP contribution is -2.10. The van der Waals surface area contributed by atoms with Crippen LogP contribution in [0.4, 0.5) is 0 Å². The van der Waals surface area contributed by atoms with Crippen molar-refractivity contribution in [2.45, 2.75) is 5.66 Å². The van der Waals surface area contributed by atoms with Crippen LogP contribution in [-0.4, -0.2) is 4.89 Å². The third-order valence-corrected chi connectivity index (χ3v) is 6.57. The molecule has 0 radical (unpaired) electrons. The van der Waals surface area contributed by atoms with Gasteiger partial charge in [-0.05, 0) is 34.4 Å². The van der Waals surface area contributed by atoms with E-state index in [-0.39, 0.29) is 0 Å². The molecule has 0 fully saturated rings. The molecule has 3 heteroatoms. The molecule has 0 bridgehead atoms. The normalized spacial score (nSPS) is 15.9. The minimum Gasteiger partial charge on any atom is -0.340 e. The average molecular weight is 306 g/mol. The average Bonchev–Trinajstić information content (AvgIpc) is 2.91. The van der Waals surface area contributed by atoms with E-state index in [9.17, 15) is 9.46 Å². The minimum absolute atomic E-state index is 0.484. The zero-order valence-corrected chi connectivity index (χ0v) is 12.8. The maximum Gasteiger partial charge on any atom is 0.241 e. The van der Waals surface area contributed by atoms with Gasteiger partial charge in [0.2, 0.25) is 7.37 Å². The highest BCUT2D eigenvalue weighted by Gasteiger charge is 2.41. The van der Waals surface area contributed by atoms with E-state index in [1.54, 1.807) is 12.1 Å². The monoisotopic (exact) mass is 306 g/mol. The maximum absolute atomic E-state index is 13.3. The van der Waals surface area contributed by atoms with Gasteiger partial charge in [0, 0.05) is 5.30 Å². The number of hydrogen-bond acceptors (Lipinski definition) is 1. The van der Waals surface area contributed by atoms with Gasteiger partial charge in [-0.25, -0.2) is 0 Å². The van der Waals surface area contributed by atoms with Crippen LogP contribution in [0.5, 0.6) is 0 Å². The summed E-state index contributed by atoms with van der Waals surface area (Å²) in [5.41, 5.74) is 3.53. The minimum atomic E-state index is -3.56. The molecule has 1 unspecified atom stereocenters. The molecule has 0 aromatic heterocycles. The lowest BCUT2D eigenvalue weighted by atomic mass is 10.1. The third kappa shape index (κ3) is 1.89. The fourth-order valence-corrected chi connectivity index (χ4v) is 5.40. The van der Waals surface area contributed by atoms with Gasteiger partial charge < -0.3 is 4.89 Å². The Labute approximate surface area is 129 Å². The second-order valence-corrected chi connectivity index (χ2v) is 7.81. The van der Waals surface area contributed by atoms with Crippen LogP contribution in [0.2, 0.25) is 0 Å². The van der Waals surface area contributed by atoms with Gasteiger partial charge in [-0.1, -0.05) is 66.7 Å². The molecule has 108 valence electrons. The molecule has 4 rings (SSSR count). The van der Waals surface area contributed by atoms with Crippen LogP contribution < -0.4 is 5.30 Å². The van der Waals surface area contributed by atoms with E-state index in [0.29, 0.717) is 5.30 Å². The number of rotatable bonds is 2. The largest absolute Gasteiger partial charge is 0.340 e. The molecule has 3 aromatic carbocycles. The topological polar surface area (TPSA) is 37.3 Å². The molecule has 1 atom stereocenters. The molecule has 0 saturated heterocycles. The Hall–Kier alpha value is -2.15. The van der Waals surface area contributed by atoms with Crippen molar-refractivity contribution in [3.8, 4) is 11.1 Å². The van der Waals surface area contributed by atoms with Crippen LogP contribution in [-0.2, 0) is 4.57 Å². The second-order valence-electron chi connectivity index (χ2n) is 5.54. The molecule has 2 nitrogen and oxygen atoms in total. The van der Waals surface area contributed by atoms with Crippen molar-refractivity contribution < 1.29 is 9.46 Å². The smallest absolute Gasteiger partial charge is 0.241 e. The molecule has 1 N–H and O–H groups in total. The van der Waals surface area contributed by atoms with E-state index in [4.69, 9.17) is 0 Å². The zero-order chi connectivity index (χ0) is 15.2. The Morgan fingerprint density at radius 3 is 1.68 bits per heavy atom.